The van der Waals surface area contributed by atoms with Crippen LogP contribution in [0.5, 0.6) is 5.75 Å². The topological polar surface area (TPSA) is 69.0 Å². The Balaban J connectivity index is 1.34. The van der Waals surface area contributed by atoms with Crippen molar-refractivity contribution < 1.29 is 14.8 Å². The molecule has 158 valence electrons. The molecule has 0 radical (unpaired) electrons. The first-order valence-corrected chi connectivity index (χ1v) is 11.0. The number of rotatable bonds is 7. The van der Waals surface area contributed by atoms with Gasteiger partial charge in [-0.15, -0.1) is 10.2 Å². The van der Waals surface area contributed by atoms with Crippen molar-refractivity contribution in [2.24, 2.45) is 7.05 Å². The predicted octanol–water partition coefficient (Wildman–Crippen LogP) is 2.31. The number of aromatic nitrogens is 3. The Hall–Kier alpha value is -2.55. The quantitative estimate of drug-likeness (QED) is 0.585. The van der Waals surface area contributed by atoms with E-state index < -0.39 is 0 Å². The average Bonchev–Trinajstić information content (AvgIpc) is 3.39. The molecule has 0 spiro atoms. The molecule has 2 N–H and O–H groups in total. The zero-order valence-corrected chi connectivity index (χ0v) is 18.6. The van der Waals surface area contributed by atoms with Crippen LogP contribution in [-0.2, 0) is 11.8 Å². The second-order valence-electron chi connectivity index (χ2n) is 7.54. The highest BCUT2D eigenvalue weighted by Gasteiger charge is 2.30. The fourth-order valence-corrected chi connectivity index (χ4v) is 4.41. The van der Waals surface area contributed by atoms with Crippen LogP contribution in [0.4, 0.5) is 5.69 Å². The van der Waals surface area contributed by atoms with Gasteiger partial charge < -0.3 is 24.3 Å². The van der Waals surface area contributed by atoms with Crippen molar-refractivity contribution >= 4 is 17.4 Å². The monoisotopic (exact) mass is 426 g/mol. The molecule has 1 fully saturated rings. The molecular formula is C22H28N5O2S+. The summed E-state index contributed by atoms with van der Waals surface area (Å²) >= 11 is 1.68. The smallest absolute Gasteiger partial charge is 0.217 e. The van der Waals surface area contributed by atoms with Crippen molar-refractivity contribution in [1.29, 1.82) is 0 Å². The van der Waals surface area contributed by atoms with Crippen LogP contribution in [0.1, 0.15) is 11.8 Å². The number of nitrogens with two attached hydrogens (primary N) is 1. The number of benzene rings is 2. The number of quaternary nitrogens is 1. The third-order valence-electron chi connectivity index (χ3n) is 5.27. The molecule has 30 heavy (non-hydrogen) atoms. The maximum absolute atomic E-state index is 6.27. The van der Waals surface area contributed by atoms with Crippen LogP contribution in [0, 0.1) is 0 Å². The standard InChI is InChI=1S/C22H27N5O2S/c1-26(2)17-9-5-16(6-10-17)21-23-13-19(29-21)14-30-22-25-24-20(27(22)3)15-7-11-18(28-4)12-8-15/h5-12,19,21,23H,13-14H2,1-4H3/p+1/t19-,21+/m1/s1. The maximum Gasteiger partial charge on any atom is 0.217 e. The summed E-state index contributed by atoms with van der Waals surface area (Å²) in [6.07, 6.45) is 0.232. The lowest BCUT2D eigenvalue weighted by Crippen LogP contribution is -2.82. The molecule has 1 aromatic heterocycles. The molecule has 0 amide bonds. The van der Waals surface area contributed by atoms with Crippen molar-refractivity contribution in [3.63, 3.8) is 0 Å². The van der Waals surface area contributed by atoms with E-state index in [4.69, 9.17) is 9.47 Å². The van der Waals surface area contributed by atoms with Gasteiger partial charge in [-0.1, -0.05) is 11.8 Å². The van der Waals surface area contributed by atoms with Gasteiger partial charge in [-0.05, 0) is 48.5 Å². The van der Waals surface area contributed by atoms with Crippen molar-refractivity contribution in [3.05, 3.63) is 54.1 Å². The summed E-state index contributed by atoms with van der Waals surface area (Å²) < 4.78 is 13.5. The minimum atomic E-state index is 0.0566. The van der Waals surface area contributed by atoms with E-state index in [9.17, 15) is 0 Å². The number of ether oxygens (including phenoxy) is 2. The minimum absolute atomic E-state index is 0.0566. The molecule has 7 nitrogen and oxygen atoms in total. The van der Waals surface area contributed by atoms with Crippen LogP contribution in [0.15, 0.2) is 53.7 Å². The molecule has 1 saturated heterocycles. The highest BCUT2D eigenvalue weighted by molar-refractivity contribution is 7.99. The van der Waals surface area contributed by atoms with Gasteiger partial charge in [0, 0.05) is 43.7 Å². The second-order valence-corrected chi connectivity index (χ2v) is 8.53. The SMILES string of the molecule is COc1ccc(-c2nnc(SC[C@H]3C[NH2+][C@H](c4ccc(N(C)C)cc4)O3)n2C)cc1. The summed E-state index contributed by atoms with van der Waals surface area (Å²) in [6.45, 7) is 0.941. The van der Waals surface area contributed by atoms with E-state index in [0.717, 1.165) is 34.6 Å². The van der Waals surface area contributed by atoms with Gasteiger partial charge in [0.2, 0.25) is 6.23 Å². The summed E-state index contributed by atoms with van der Waals surface area (Å²) in [5, 5.41) is 11.9. The first-order chi connectivity index (χ1) is 14.5. The van der Waals surface area contributed by atoms with Crippen LogP contribution in [-0.4, -0.2) is 54.4 Å². The molecule has 4 rings (SSSR count). The zero-order chi connectivity index (χ0) is 21.1. The number of nitrogens with zero attached hydrogens (tertiary/aromatic N) is 4. The van der Waals surface area contributed by atoms with E-state index in [1.165, 1.54) is 11.3 Å². The molecule has 0 unspecified atom stereocenters. The van der Waals surface area contributed by atoms with E-state index in [1.54, 1.807) is 18.9 Å². The number of thioether (sulfide) groups is 1. The van der Waals surface area contributed by atoms with Gasteiger partial charge in [0.25, 0.3) is 0 Å². The number of hydrogen-bond donors (Lipinski definition) is 1. The summed E-state index contributed by atoms with van der Waals surface area (Å²) in [7, 11) is 7.76. The first-order valence-electron chi connectivity index (χ1n) is 9.98. The van der Waals surface area contributed by atoms with Gasteiger partial charge in [0.15, 0.2) is 11.0 Å². The number of hydrogen-bond acceptors (Lipinski definition) is 6. The lowest BCUT2D eigenvalue weighted by molar-refractivity contribution is -0.697. The van der Waals surface area contributed by atoms with Crippen LogP contribution in [0.3, 0.4) is 0 Å². The molecule has 0 saturated carbocycles. The molecule has 2 aromatic carbocycles. The first kappa shape index (κ1) is 20.7. The molecule has 1 aliphatic heterocycles. The Morgan fingerprint density at radius 2 is 1.87 bits per heavy atom. The lowest BCUT2D eigenvalue weighted by atomic mass is 10.2. The average molecular weight is 427 g/mol. The van der Waals surface area contributed by atoms with E-state index in [2.05, 4.69) is 44.7 Å². The van der Waals surface area contributed by atoms with Crippen molar-refractivity contribution in [2.75, 3.05) is 38.4 Å². The Labute approximate surface area is 181 Å². The molecule has 2 atom stereocenters. The van der Waals surface area contributed by atoms with E-state index >= 15 is 0 Å². The van der Waals surface area contributed by atoms with Gasteiger partial charge in [-0.2, -0.15) is 0 Å². The van der Waals surface area contributed by atoms with E-state index in [0.29, 0.717) is 0 Å². The molecule has 1 aliphatic rings. The van der Waals surface area contributed by atoms with Crippen LogP contribution >= 0.6 is 11.8 Å². The lowest BCUT2D eigenvalue weighted by Gasteiger charge is -2.14. The van der Waals surface area contributed by atoms with Crippen molar-refractivity contribution in [3.8, 4) is 17.1 Å². The third-order valence-corrected chi connectivity index (χ3v) is 6.42. The highest BCUT2D eigenvalue weighted by atomic mass is 32.2. The molecule has 0 bridgehead atoms. The Bertz CT molecular complexity index is 972. The molecule has 3 aromatic rings. The van der Waals surface area contributed by atoms with Gasteiger partial charge >= 0.3 is 0 Å². The summed E-state index contributed by atoms with van der Waals surface area (Å²) in [5.74, 6) is 2.52. The minimum Gasteiger partial charge on any atom is -0.497 e. The normalized spacial score (nSPS) is 18.5. The summed E-state index contributed by atoms with van der Waals surface area (Å²) in [5.41, 5.74) is 3.41. The van der Waals surface area contributed by atoms with Crippen LogP contribution in [0.2, 0.25) is 0 Å². The van der Waals surface area contributed by atoms with Gasteiger partial charge in [-0.25, -0.2) is 0 Å². The van der Waals surface area contributed by atoms with Crippen molar-refractivity contribution in [1.82, 2.24) is 14.8 Å². The van der Waals surface area contributed by atoms with Crippen molar-refractivity contribution in [2.45, 2.75) is 17.5 Å². The zero-order valence-electron chi connectivity index (χ0n) is 17.8. The molecular weight excluding hydrogens is 398 g/mol. The fourth-order valence-electron chi connectivity index (χ4n) is 3.48. The van der Waals surface area contributed by atoms with Gasteiger partial charge in [0.05, 0.1) is 7.11 Å². The van der Waals surface area contributed by atoms with Gasteiger partial charge in [-0.3, -0.25) is 0 Å². The Kier molecular flexibility index (Phi) is 6.26. The van der Waals surface area contributed by atoms with Gasteiger partial charge in [0.1, 0.15) is 18.4 Å². The molecule has 0 aliphatic carbocycles. The number of methoxy groups -OCH3 is 1. The summed E-state index contributed by atoms with van der Waals surface area (Å²) in [4.78, 5) is 2.10. The van der Waals surface area contributed by atoms with Crippen LogP contribution in [0.25, 0.3) is 11.4 Å². The second kappa shape index (κ2) is 9.07. The third kappa shape index (κ3) is 4.45. The largest absolute Gasteiger partial charge is 0.497 e. The predicted molar refractivity (Wildman–Crippen MR) is 119 cm³/mol. The number of anilines is 1. The highest BCUT2D eigenvalue weighted by Crippen LogP contribution is 2.26. The van der Waals surface area contributed by atoms with E-state index in [1.807, 2.05) is 50.0 Å². The van der Waals surface area contributed by atoms with Crippen LogP contribution < -0.4 is 15.0 Å². The molecule has 2 heterocycles. The summed E-state index contributed by atoms with van der Waals surface area (Å²) in [6, 6.07) is 16.4. The van der Waals surface area contributed by atoms with E-state index in [-0.39, 0.29) is 12.3 Å². The maximum atomic E-state index is 6.27. The molecule has 8 heteroatoms. The Morgan fingerprint density at radius 1 is 1.13 bits per heavy atom. The fraction of sp³-hybridized carbons (Fsp3) is 0.364. The Morgan fingerprint density at radius 3 is 2.53 bits per heavy atom.